The Labute approximate surface area is 149 Å². The Morgan fingerprint density at radius 3 is 2.04 bits per heavy atom. The lowest BCUT2D eigenvalue weighted by atomic mass is 9.90. The molecule has 0 bridgehead atoms. The van der Waals surface area contributed by atoms with Crippen LogP contribution in [0.25, 0.3) is 0 Å². The van der Waals surface area contributed by atoms with Crippen molar-refractivity contribution in [3.63, 3.8) is 0 Å². The maximum Gasteiger partial charge on any atom is 0.239 e. The number of hydrogen-bond acceptors (Lipinski definition) is 2. The van der Waals surface area contributed by atoms with Crippen LogP contribution < -0.4 is 10.6 Å². The standard InChI is InChI=1S/C19H19F3N2O2/c1-4-11-5-7-12(8-6-11)23-17(25)19(2,3)18(26)24-14-10-9-13(20)15(21)16(14)22/h5-10H,4H2,1-3H3,(H,23,25)(H,24,26). The number of amides is 2. The van der Waals surface area contributed by atoms with Gasteiger partial charge in [-0.25, -0.2) is 13.2 Å². The molecule has 26 heavy (non-hydrogen) atoms. The van der Waals surface area contributed by atoms with Crippen LogP contribution in [-0.4, -0.2) is 11.8 Å². The lowest BCUT2D eigenvalue weighted by Gasteiger charge is -2.23. The number of carbonyl (C=O) groups is 2. The Morgan fingerprint density at radius 2 is 1.46 bits per heavy atom. The zero-order valence-corrected chi connectivity index (χ0v) is 14.6. The third-order valence-corrected chi connectivity index (χ3v) is 4.04. The molecule has 0 spiro atoms. The van der Waals surface area contributed by atoms with Gasteiger partial charge >= 0.3 is 0 Å². The van der Waals surface area contributed by atoms with E-state index in [4.69, 9.17) is 0 Å². The Hall–Kier alpha value is -2.83. The van der Waals surface area contributed by atoms with Crippen molar-refractivity contribution in [2.75, 3.05) is 10.6 Å². The van der Waals surface area contributed by atoms with Crippen molar-refractivity contribution in [2.24, 2.45) is 5.41 Å². The lowest BCUT2D eigenvalue weighted by Crippen LogP contribution is -2.41. The monoisotopic (exact) mass is 364 g/mol. The Balaban J connectivity index is 2.13. The number of carbonyl (C=O) groups excluding carboxylic acids is 2. The third kappa shape index (κ3) is 4.04. The zero-order valence-electron chi connectivity index (χ0n) is 14.6. The van der Waals surface area contributed by atoms with E-state index in [1.54, 1.807) is 12.1 Å². The largest absolute Gasteiger partial charge is 0.325 e. The number of rotatable bonds is 5. The van der Waals surface area contributed by atoms with Crippen LogP contribution >= 0.6 is 0 Å². The van der Waals surface area contributed by atoms with Crippen LogP contribution in [0.1, 0.15) is 26.3 Å². The lowest BCUT2D eigenvalue weighted by molar-refractivity contribution is -0.135. The molecule has 0 aliphatic carbocycles. The molecule has 0 unspecified atom stereocenters. The number of anilines is 2. The maximum atomic E-state index is 13.7. The van der Waals surface area contributed by atoms with Crippen molar-refractivity contribution < 1.29 is 22.8 Å². The fourth-order valence-electron chi connectivity index (χ4n) is 2.12. The third-order valence-electron chi connectivity index (χ3n) is 4.04. The van der Waals surface area contributed by atoms with E-state index in [0.717, 1.165) is 18.1 Å². The number of aryl methyl sites for hydroxylation is 1. The summed E-state index contributed by atoms with van der Waals surface area (Å²) in [5.41, 5.74) is -0.524. The van der Waals surface area contributed by atoms with Crippen molar-refractivity contribution in [3.05, 3.63) is 59.4 Å². The van der Waals surface area contributed by atoms with Gasteiger partial charge in [0.25, 0.3) is 0 Å². The smallest absolute Gasteiger partial charge is 0.239 e. The van der Waals surface area contributed by atoms with E-state index in [9.17, 15) is 22.8 Å². The first-order chi connectivity index (χ1) is 12.2. The molecule has 0 radical (unpaired) electrons. The van der Waals surface area contributed by atoms with Gasteiger partial charge in [0.05, 0.1) is 5.69 Å². The average Bonchev–Trinajstić information content (AvgIpc) is 2.62. The number of benzene rings is 2. The second kappa shape index (κ2) is 7.59. The van der Waals surface area contributed by atoms with Crippen molar-refractivity contribution in [1.29, 1.82) is 0 Å². The molecule has 0 aliphatic rings. The van der Waals surface area contributed by atoms with Crippen LogP contribution in [0.15, 0.2) is 36.4 Å². The Kier molecular flexibility index (Phi) is 5.69. The fourth-order valence-corrected chi connectivity index (χ4v) is 2.12. The van der Waals surface area contributed by atoms with Crippen LogP contribution in [0, 0.1) is 22.9 Å². The summed E-state index contributed by atoms with van der Waals surface area (Å²) in [7, 11) is 0. The Bertz CT molecular complexity index is 833. The van der Waals surface area contributed by atoms with Crippen molar-refractivity contribution >= 4 is 23.2 Å². The second-order valence-corrected chi connectivity index (χ2v) is 6.31. The summed E-state index contributed by atoms with van der Waals surface area (Å²) in [4.78, 5) is 24.8. The van der Waals surface area contributed by atoms with E-state index in [-0.39, 0.29) is 0 Å². The van der Waals surface area contributed by atoms with Crippen LogP contribution in [0.2, 0.25) is 0 Å². The van der Waals surface area contributed by atoms with Gasteiger partial charge < -0.3 is 10.6 Å². The minimum absolute atomic E-state index is 0.507. The van der Waals surface area contributed by atoms with E-state index >= 15 is 0 Å². The predicted molar refractivity (Wildman–Crippen MR) is 93.2 cm³/mol. The summed E-state index contributed by atoms with van der Waals surface area (Å²) in [6.45, 7) is 4.68. The Morgan fingerprint density at radius 1 is 0.885 bits per heavy atom. The number of hydrogen-bond donors (Lipinski definition) is 2. The van der Waals surface area contributed by atoms with Gasteiger partial charge in [-0.1, -0.05) is 19.1 Å². The first-order valence-electron chi connectivity index (χ1n) is 8.02. The topological polar surface area (TPSA) is 58.2 Å². The summed E-state index contributed by atoms with van der Waals surface area (Å²) in [5.74, 6) is -6.06. The summed E-state index contributed by atoms with van der Waals surface area (Å²) in [5, 5.41) is 4.73. The van der Waals surface area contributed by atoms with Crippen molar-refractivity contribution in [1.82, 2.24) is 0 Å². The van der Waals surface area contributed by atoms with E-state index in [2.05, 4.69) is 10.6 Å². The average molecular weight is 364 g/mol. The maximum absolute atomic E-state index is 13.7. The van der Waals surface area contributed by atoms with Gasteiger partial charge in [-0.2, -0.15) is 0 Å². The SMILES string of the molecule is CCc1ccc(NC(=O)C(C)(C)C(=O)Nc2ccc(F)c(F)c2F)cc1. The molecule has 7 heteroatoms. The van der Waals surface area contributed by atoms with Gasteiger partial charge in [0.1, 0.15) is 5.41 Å². The summed E-state index contributed by atoms with van der Waals surface area (Å²) in [6, 6.07) is 8.69. The fraction of sp³-hybridized carbons (Fsp3) is 0.263. The van der Waals surface area contributed by atoms with Gasteiger partial charge in [0.15, 0.2) is 17.5 Å². The second-order valence-electron chi connectivity index (χ2n) is 6.31. The van der Waals surface area contributed by atoms with Gasteiger partial charge in [-0.15, -0.1) is 0 Å². The minimum Gasteiger partial charge on any atom is -0.325 e. The summed E-state index contributed by atoms with van der Waals surface area (Å²) < 4.78 is 39.9. The highest BCUT2D eigenvalue weighted by Gasteiger charge is 2.36. The van der Waals surface area contributed by atoms with E-state index in [0.29, 0.717) is 11.8 Å². The van der Waals surface area contributed by atoms with E-state index < -0.39 is 40.4 Å². The molecule has 0 heterocycles. The first-order valence-corrected chi connectivity index (χ1v) is 8.02. The van der Waals surface area contributed by atoms with Gasteiger partial charge in [-0.3, -0.25) is 9.59 Å². The van der Waals surface area contributed by atoms with E-state index in [1.165, 1.54) is 13.8 Å². The van der Waals surface area contributed by atoms with Crippen molar-refractivity contribution in [2.45, 2.75) is 27.2 Å². The van der Waals surface area contributed by atoms with Crippen LogP contribution in [0.5, 0.6) is 0 Å². The molecule has 138 valence electrons. The van der Waals surface area contributed by atoms with Gasteiger partial charge in [0, 0.05) is 5.69 Å². The number of halogens is 3. The normalized spacial score (nSPS) is 11.2. The van der Waals surface area contributed by atoms with E-state index in [1.807, 2.05) is 19.1 Å². The van der Waals surface area contributed by atoms with Crippen LogP contribution in [0.3, 0.4) is 0 Å². The molecule has 2 amide bonds. The van der Waals surface area contributed by atoms with Gasteiger partial charge in [-0.05, 0) is 50.1 Å². The molecule has 0 saturated heterocycles. The quantitative estimate of drug-likeness (QED) is 0.615. The molecular formula is C19H19F3N2O2. The molecule has 0 aromatic heterocycles. The zero-order chi connectivity index (χ0) is 19.5. The molecule has 4 nitrogen and oxygen atoms in total. The van der Waals surface area contributed by atoms with Crippen molar-refractivity contribution in [3.8, 4) is 0 Å². The summed E-state index contributed by atoms with van der Waals surface area (Å²) >= 11 is 0. The van der Waals surface area contributed by atoms with Crippen LogP contribution in [0.4, 0.5) is 24.5 Å². The molecule has 0 aliphatic heterocycles. The summed E-state index contributed by atoms with van der Waals surface area (Å²) in [6.07, 6.45) is 0.849. The number of nitrogens with one attached hydrogen (secondary N) is 2. The van der Waals surface area contributed by atoms with Gasteiger partial charge in [0.2, 0.25) is 11.8 Å². The van der Waals surface area contributed by atoms with Crippen LogP contribution in [-0.2, 0) is 16.0 Å². The molecule has 2 aromatic carbocycles. The predicted octanol–water partition coefficient (Wildman–Crippen LogP) is 4.27. The molecular weight excluding hydrogens is 345 g/mol. The highest BCUT2D eigenvalue weighted by molar-refractivity contribution is 6.14. The molecule has 0 saturated carbocycles. The minimum atomic E-state index is -1.69. The molecule has 2 N–H and O–H groups in total. The molecule has 2 aromatic rings. The highest BCUT2D eigenvalue weighted by Crippen LogP contribution is 2.25. The molecule has 0 fully saturated rings. The first kappa shape index (κ1) is 19.5. The molecule has 2 rings (SSSR count). The highest BCUT2D eigenvalue weighted by atomic mass is 19.2. The molecule has 0 atom stereocenters.